The first-order valence-corrected chi connectivity index (χ1v) is 16.4. The van der Waals surface area contributed by atoms with Crippen LogP contribution in [0.25, 0.3) is 10.8 Å². The van der Waals surface area contributed by atoms with Gasteiger partial charge in [-0.2, -0.15) is 0 Å². The van der Waals surface area contributed by atoms with E-state index in [2.05, 4.69) is 24.1 Å². The number of phenols is 2. The number of nitrogens with one attached hydrogen (secondary N) is 1. The Morgan fingerprint density at radius 2 is 1.76 bits per heavy atom. The molecule has 5 bridgehead atoms. The number of Topliss-reactive ketones (excluding diaryl/α,β-unsaturated/α-hetero) is 1. The minimum absolute atomic E-state index is 0.0234. The Morgan fingerprint density at radius 1 is 1.06 bits per heavy atom. The van der Waals surface area contributed by atoms with E-state index in [-0.39, 0.29) is 62.8 Å². The maximum absolute atomic E-state index is 14.0. The molecule has 12 heteroatoms. The van der Waals surface area contributed by atoms with Crippen molar-refractivity contribution in [1.82, 2.24) is 0 Å². The molecular formula is C37H47NO11. The van der Waals surface area contributed by atoms with Crippen molar-refractivity contribution < 1.29 is 53.7 Å². The smallest absolute Gasteiger partial charge is 0.312 e. The van der Waals surface area contributed by atoms with Crippen molar-refractivity contribution in [2.24, 2.45) is 23.7 Å². The third kappa shape index (κ3) is 7.55. The molecule has 7 atom stereocenters. The molecule has 0 spiro atoms. The average molecular weight is 682 g/mol. The van der Waals surface area contributed by atoms with Crippen LogP contribution in [0.5, 0.6) is 23.0 Å². The minimum atomic E-state index is -1.93. The highest BCUT2D eigenvalue weighted by molar-refractivity contribution is 6.21. The number of fused-ring (bicyclic) bond motifs is 14. The van der Waals surface area contributed by atoms with Crippen LogP contribution in [0, 0.1) is 30.6 Å². The molecule has 5 rings (SSSR count). The lowest BCUT2D eigenvalue weighted by Crippen LogP contribution is -2.39. The van der Waals surface area contributed by atoms with E-state index in [4.69, 9.17) is 18.9 Å². The van der Waals surface area contributed by atoms with Gasteiger partial charge in [0.1, 0.15) is 23.4 Å². The highest BCUT2D eigenvalue weighted by Crippen LogP contribution is 2.54. The highest BCUT2D eigenvalue weighted by atomic mass is 17.1. The van der Waals surface area contributed by atoms with E-state index in [0.717, 1.165) is 18.9 Å². The predicted octanol–water partition coefficient (Wildman–Crippen LogP) is 6.96. The first-order valence-electron chi connectivity index (χ1n) is 16.4. The van der Waals surface area contributed by atoms with Crippen molar-refractivity contribution in [1.29, 1.82) is 0 Å². The lowest BCUT2D eigenvalue weighted by Gasteiger charge is -2.33. The zero-order valence-electron chi connectivity index (χ0n) is 29.5. The maximum Gasteiger partial charge on any atom is 0.312 e. The lowest BCUT2D eigenvalue weighted by atomic mass is 9.82. The van der Waals surface area contributed by atoms with E-state index >= 15 is 0 Å². The summed E-state index contributed by atoms with van der Waals surface area (Å²) in [6.45, 7) is 14.0. The maximum atomic E-state index is 14.0. The largest absolute Gasteiger partial charge is 0.507 e. The van der Waals surface area contributed by atoms with Gasteiger partial charge in [-0.05, 0) is 50.5 Å². The van der Waals surface area contributed by atoms with Gasteiger partial charge in [-0.3, -0.25) is 14.4 Å². The van der Waals surface area contributed by atoms with E-state index in [1.54, 1.807) is 25.2 Å². The number of allylic oxidation sites excluding steroid dienone is 3. The molecule has 3 aliphatic heterocycles. The summed E-state index contributed by atoms with van der Waals surface area (Å²) in [6, 6.07) is 1.11. The van der Waals surface area contributed by atoms with E-state index in [1.807, 2.05) is 19.9 Å². The molecule has 0 saturated heterocycles. The minimum Gasteiger partial charge on any atom is -0.507 e. The summed E-state index contributed by atoms with van der Waals surface area (Å²) in [5.74, 6) is -4.86. The number of phenolic OH excluding ortho intramolecular Hbond substituents is 2. The average Bonchev–Trinajstić information content (AvgIpc) is 3.29. The zero-order valence-corrected chi connectivity index (χ0v) is 29.5. The highest BCUT2D eigenvalue weighted by Gasteiger charge is 2.49. The van der Waals surface area contributed by atoms with Crippen molar-refractivity contribution in [2.75, 3.05) is 12.4 Å². The Labute approximate surface area is 286 Å². The van der Waals surface area contributed by atoms with Crippen LogP contribution < -0.4 is 14.9 Å². The fourth-order valence-electron chi connectivity index (χ4n) is 6.90. The van der Waals surface area contributed by atoms with E-state index in [0.29, 0.717) is 5.57 Å². The molecule has 0 radical (unpaired) electrons. The molecular weight excluding hydrogens is 634 g/mol. The van der Waals surface area contributed by atoms with Gasteiger partial charge >= 0.3 is 11.8 Å². The number of hydrogen-bond acceptors (Lipinski definition) is 11. The molecule has 49 heavy (non-hydrogen) atoms. The van der Waals surface area contributed by atoms with Crippen molar-refractivity contribution in [2.45, 2.75) is 86.2 Å². The first kappa shape index (κ1) is 37.3. The van der Waals surface area contributed by atoms with Crippen LogP contribution >= 0.6 is 0 Å². The summed E-state index contributed by atoms with van der Waals surface area (Å²) >= 11 is 0. The number of methoxy groups -OCH3 is 1. The third-order valence-corrected chi connectivity index (χ3v) is 9.37. The number of aromatic hydroxyl groups is 2. The Hall–Kier alpha value is -4.55. The third-order valence-electron chi connectivity index (χ3n) is 9.37. The summed E-state index contributed by atoms with van der Waals surface area (Å²) in [4.78, 5) is 44.0. The molecule has 2 aromatic carbocycles. The van der Waals surface area contributed by atoms with E-state index in [9.17, 15) is 29.9 Å². The molecule has 12 nitrogen and oxygen atoms in total. The van der Waals surface area contributed by atoms with Gasteiger partial charge in [-0.25, -0.2) is 5.26 Å². The second-order valence-electron chi connectivity index (χ2n) is 13.5. The number of carbonyl (C=O) groups excluding carboxylic acids is 3. The SMILES string of the molecule is CO[C@H]1/C=C/O[C@@]2(C)Oc3c(C)c(O)c4c(OO)c(cc(O)c4c3C2=O)NC(=O)/C(C)=C\C=C\[C@H](C)C[C@@H](C)C[C@@H](C)[C@H](OC(C)=O)[C@@H]1C. The van der Waals surface area contributed by atoms with Crippen LogP contribution in [0.15, 0.2) is 42.2 Å². The Morgan fingerprint density at radius 3 is 2.39 bits per heavy atom. The van der Waals surface area contributed by atoms with E-state index < -0.39 is 47.2 Å². The standard InChI is InChI=1S/C37H47NO11/c1-18-11-10-12-20(3)36(43)38-25-17-26(40)28-29(34(25)49-44)31(41)23(6)33-30(28)35(42)37(8,48-33)46-14-13-27(45-9)22(5)32(47-24(7)39)21(4)16-19(2)15-18/h10-14,17-19,21-22,27,32,40-41,44H,15-16H2,1-9H3,(H,38,43)/b11-10+,14-13+,20-12-/t18-,19+,21+,22+,27-,32-,37-/m0/s1. The summed E-state index contributed by atoms with van der Waals surface area (Å²) in [5, 5.41) is 34.6. The van der Waals surface area contributed by atoms with Gasteiger partial charge in [-0.1, -0.05) is 45.9 Å². The molecule has 1 amide bonds. The Kier molecular flexibility index (Phi) is 11.3. The van der Waals surface area contributed by atoms with Gasteiger partial charge in [0.05, 0.1) is 29.0 Å². The second kappa shape index (κ2) is 14.9. The quantitative estimate of drug-likeness (QED) is 0.150. The van der Waals surface area contributed by atoms with Gasteiger partial charge in [-0.15, -0.1) is 0 Å². The van der Waals surface area contributed by atoms with Gasteiger partial charge < -0.3 is 39.4 Å². The Bertz CT molecular complexity index is 1710. The van der Waals surface area contributed by atoms with Crippen LogP contribution in [-0.4, -0.2) is 58.2 Å². The number of benzene rings is 2. The summed E-state index contributed by atoms with van der Waals surface area (Å²) in [5.41, 5.74) is 0.154. The zero-order chi connectivity index (χ0) is 36.4. The van der Waals surface area contributed by atoms with Crippen LogP contribution in [0.2, 0.25) is 0 Å². The monoisotopic (exact) mass is 681 g/mol. The van der Waals surface area contributed by atoms with E-state index in [1.165, 1.54) is 34.1 Å². The summed E-state index contributed by atoms with van der Waals surface area (Å²) < 4.78 is 23.5. The first-order chi connectivity index (χ1) is 23.0. The number of rotatable bonds is 3. The molecule has 0 saturated carbocycles. The van der Waals surface area contributed by atoms with Crippen molar-refractivity contribution >= 4 is 34.1 Å². The fraction of sp³-hybridized carbons (Fsp3) is 0.486. The number of amides is 1. The molecule has 4 N–H and O–H groups in total. The van der Waals surface area contributed by atoms with Gasteiger partial charge in [0.15, 0.2) is 5.75 Å². The molecule has 0 aromatic heterocycles. The molecule has 0 fully saturated rings. The molecule has 0 aliphatic carbocycles. The summed E-state index contributed by atoms with van der Waals surface area (Å²) in [6.07, 6.45) is 8.85. The van der Waals surface area contributed by atoms with Gasteiger partial charge in [0.2, 0.25) is 0 Å². The number of anilines is 1. The number of esters is 1. The van der Waals surface area contributed by atoms with Crippen molar-refractivity contribution in [3.63, 3.8) is 0 Å². The molecule has 3 aliphatic rings. The van der Waals surface area contributed by atoms with Crippen LogP contribution in [0.4, 0.5) is 5.69 Å². The van der Waals surface area contributed by atoms with Crippen LogP contribution in [0.1, 0.15) is 77.2 Å². The fourth-order valence-corrected chi connectivity index (χ4v) is 6.90. The number of hydrogen-bond donors (Lipinski definition) is 4. The number of ether oxygens (including phenoxy) is 4. The Balaban J connectivity index is 1.86. The molecule has 3 heterocycles. The molecule has 266 valence electrons. The van der Waals surface area contributed by atoms with Gasteiger partial charge in [0, 0.05) is 49.5 Å². The summed E-state index contributed by atoms with van der Waals surface area (Å²) in [7, 11) is 1.52. The molecule has 0 unspecified atom stereocenters. The number of carbonyl (C=O) groups is 3. The second-order valence-corrected chi connectivity index (χ2v) is 13.5. The number of ketones is 1. The van der Waals surface area contributed by atoms with Crippen LogP contribution in [0.3, 0.4) is 0 Å². The lowest BCUT2D eigenvalue weighted by molar-refractivity contribution is -0.155. The van der Waals surface area contributed by atoms with Crippen molar-refractivity contribution in [3.05, 3.63) is 53.3 Å². The van der Waals surface area contributed by atoms with Crippen molar-refractivity contribution in [3.8, 4) is 23.0 Å². The predicted molar refractivity (Wildman–Crippen MR) is 183 cm³/mol. The van der Waals surface area contributed by atoms with Crippen LogP contribution in [-0.2, 0) is 23.8 Å². The normalized spacial score (nSPS) is 30.5. The van der Waals surface area contributed by atoms with Gasteiger partial charge in [0.25, 0.3) is 11.7 Å². The topological polar surface area (TPSA) is 170 Å². The molecule has 2 aromatic rings.